The highest BCUT2D eigenvalue weighted by atomic mass is 16.4. The Balaban J connectivity index is 2.32. The highest BCUT2D eigenvalue weighted by Crippen LogP contribution is 2.34. The molecule has 9 nitrogen and oxygen atoms in total. The Labute approximate surface area is 169 Å². The van der Waals surface area contributed by atoms with Crippen molar-refractivity contribution >= 4 is 35.2 Å². The van der Waals surface area contributed by atoms with Crippen molar-refractivity contribution in [3.8, 4) is 0 Å². The van der Waals surface area contributed by atoms with Gasteiger partial charge in [-0.25, -0.2) is 4.79 Å². The third-order valence-electron chi connectivity index (χ3n) is 4.76. The van der Waals surface area contributed by atoms with E-state index in [1.807, 2.05) is 13.8 Å². The van der Waals surface area contributed by atoms with Gasteiger partial charge in [0.05, 0.1) is 23.4 Å². The maximum atomic E-state index is 13.2. The van der Waals surface area contributed by atoms with E-state index in [0.29, 0.717) is 11.4 Å². The minimum Gasteiger partial charge on any atom is -0.548 e. The van der Waals surface area contributed by atoms with Gasteiger partial charge in [0, 0.05) is 0 Å². The van der Waals surface area contributed by atoms with Crippen molar-refractivity contribution in [2.75, 3.05) is 10.2 Å². The Kier molecular flexibility index (Phi) is 6.84. The first kappa shape index (κ1) is 22.2. The summed E-state index contributed by atoms with van der Waals surface area (Å²) in [6.07, 6.45) is 0. The SMILES string of the molecule is CC(C)[C@H](NC(=O)N1c2ccccc2NC(=O)[C@@H]1C(C)C)C(=O)N[C@H](C)C(=O)[O-]. The van der Waals surface area contributed by atoms with Crippen molar-refractivity contribution in [3.63, 3.8) is 0 Å². The van der Waals surface area contributed by atoms with Gasteiger partial charge in [-0.05, 0) is 30.9 Å². The Morgan fingerprint density at radius 3 is 2.24 bits per heavy atom. The summed E-state index contributed by atoms with van der Waals surface area (Å²) in [5.41, 5.74) is 1.02. The van der Waals surface area contributed by atoms with Gasteiger partial charge in [0.2, 0.25) is 11.8 Å². The van der Waals surface area contributed by atoms with Crippen LogP contribution in [0.1, 0.15) is 34.6 Å². The van der Waals surface area contributed by atoms with E-state index >= 15 is 0 Å². The number of rotatable bonds is 6. The molecule has 0 spiro atoms. The second kappa shape index (κ2) is 8.93. The number of carboxylic acids is 1. The monoisotopic (exact) mass is 403 g/mol. The van der Waals surface area contributed by atoms with Gasteiger partial charge in [-0.3, -0.25) is 14.5 Å². The normalized spacial score (nSPS) is 18.0. The molecule has 0 bridgehead atoms. The molecule has 1 aliphatic heterocycles. The van der Waals surface area contributed by atoms with Crippen molar-refractivity contribution < 1.29 is 24.3 Å². The summed E-state index contributed by atoms with van der Waals surface area (Å²) < 4.78 is 0. The zero-order valence-corrected chi connectivity index (χ0v) is 17.2. The van der Waals surface area contributed by atoms with Crippen molar-refractivity contribution in [1.82, 2.24) is 10.6 Å². The van der Waals surface area contributed by atoms with Crippen LogP contribution in [0.4, 0.5) is 16.2 Å². The lowest BCUT2D eigenvalue weighted by atomic mass is 9.97. The molecule has 0 fully saturated rings. The first-order valence-corrected chi connectivity index (χ1v) is 9.55. The van der Waals surface area contributed by atoms with Gasteiger partial charge in [0.15, 0.2) is 0 Å². The van der Waals surface area contributed by atoms with Crippen LogP contribution in [0.5, 0.6) is 0 Å². The number of hydrogen-bond acceptors (Lipinski definition) is 5. The van der Waals surface area contributed by atoms with Gasteiger partial charge >= 0.3 is 6.03 Å². The van der Waals surface area contributed by atoms with E-state index in [9.17, 15) is 24.3 Å². The van der Waals surface area contributed by atoms with E-state index in [1.165, 1.54) is 11.8 Å². The van der Waals surface area contributed by atoms with E-state index in [1.54, 1.807) is 38.1 Å². The lowest BCUT2D eigenvalue weighted by molar-refractivity contribution is -0.307. The molecule has 1 aromatic carbocycles. The molecular weight excluding hydrogens is 376 g/mol. The molecule has 3 N–H and O–H groups in total. The second-order valence-corrected chi connectivity index (χ2v) is 7.79. The molecule has 1 aromatic rings. The fourth-order valence-corrected chi connectivity index (χ4v) is 3.20. The van der Waals surface area contributed by atoms with Gasteiger partial charge < -0.3 is 25.9 Å². The van der Waals surface area contributed by atoms with Crippen LogP contribution < -0.4 is 26.0 Å². The topological polar surface area (TPSA) is 131 Å². The molecular formula is C20H27N4O5-. The molecule has 0 saturated carbocycles. The van der Waals surface area contributed by atoms with Crippen LogP contribution in [-0.4, -0.2) is 41.9 Å². The quantitative estimate of drug-likeness (QED) is 0.635. The van der Waals surface area contributed by atoms with Gasteiger partial charge in [-0.15, -0.1) is 0 Å². The first-order valence-electron chi connectivity index (χ1n) is 9.55. The fourth-order valence-electron chi connectivity index (χ4n) is 3.20. The van der Waals surface area contributed by atoms with Crippen LogP contribution in [0.3, 0.4) is 0 Å². The molecule has 0 aliphatic carbocycles. The molecule has 1 heterocycles. The van der Waals surface area contributed by atoms with Crippen LogP contribution in [-0.2, 0) is 14.4 Å². The Hall–Kier alpha value is -3.10. The number of fused-ring (bicyclic) bond motifs is 1. The van der Waals surface area contributed by atoms with Crippen LogP contribution in [0.25, 0.3) is 0 Å². The van der Waals surface area contributed by atoms with E-state index in [4.69, 9.17) is 0 Å². The largest absolute Gasteiger partial charge is 0.548 e. The van der Waals surface area contributed by atoms with Gasteiger partial charge in [0.25, 0.3) is 0 Å². The molecule has 1 aliphatic rings. The Bertz CT molecular complexity index is 808. The summed E-state index contributed by atoms with van der Waals surface area (Å²) in [7, 11) is 0. The minimum atomic E-state index is -1.42. The number of urea groups is 1. The molecule has 0 radical (unpaired) electrons. The maximum absolute atomic E-state index is 13.2. The number of carboxylic acid groups (broad SMARTS) is 1. The number of nitrogens with zero attached hydrogens (tertiary/aromatic N) is 1. The summed E-state index contributed by atoms with van der Waals surface area (Å²) >= 11 is 0. The van der Waals surface area contributed by atoms with Gasteiger partial charge in [0.1, 0.15) is 12.1 Å². The average Bonchev–Trinajstić information content (AvgIpc) is 2.63. The number of benzene rings is 1. The lowest BCUT2D eigenvalue weighted by Gasteiger charge is -2.39. The third-order valence-corrected chi connectivity index (χ3v) is 4.76. The molecule has 0 saturated heterocycles. The number of hydrogen-bond donors (Lipinski definition) is 3. The summed E-state index contributed by atoms with van der Waals surface area (Å²) in [4.78, 5) is 50.6. The van der Waals surface area contributed by atoms with E-state index in [0.717, 1.165) is 0 Å². The van der Waals surface area contributed by atoms with Crippen LogP contribution in [0, 0.1) is 11.8 Å². The van der Waals surface area contributed by atoms with E-state index < -0.39 is 36.0 Å². The Morgan fingerprint density at radius 1 is 1.07 bits per heavy atom. The number of nitrogens with one attached hydrogen (secondary N) is 3. The number of carbonyl (C=O) groups excluding carboxylic acids is 4. The van der Waals surface area contributed by atoms with Gasteiger partial charge in [-0.2, -0.15) is 0 Å². The summed E-state index contributed by atoms with van der Waals surface area (Å²) in [5.74, 6) is -2.88. The highest BCUT2D eigenvalue weighted by Gasteiger charge is 2.40. The number of aliphatic carboxylic acids is 1. The van der Waals surface area contributed by atoms with E-state index in [2.05, 4.69) is 16.0 Å². The smallest absolute Gasteiger partial charge is 0.323 e. The summed E-state index contributed by atoms with van der Waals surface area (Å²) in [5, 5.41) is 18.7. The molecule has 2 rings (SSSR count). The molecule has 9 heteroatoms. The second-order valence-electron chi connectivity index (χ2n) is 7.79. The molecule has 0 aromatic heterocycles. The third kappa shape index (κ3) is 4.85. The average molecular weight is 403 g/mol. The van der Waals surface area contributed by atoms with Crippen molar-refractivity contribution in [2.45, 2.75) is 52.7 Å². The predicted octanol–water partition coefficient (Wildman–Crippen LogP) is 0.459. The lowest BCUT2D eigenvalue weighted by Crippen LogP contribution is -2.61. The molecule has 0 unspecified atom stereocenters. The molecule has 3 atom stereocenters. The first-order chi connectivity index (χ1) is 13.5. The number of carbonyl (C=O) groups is 4. The number of amides is 4. The van der Waals surface area contributed by atoms with Gasteiger partial charge in [-0.1, -0.05) is 39.8 Å². The van der Waals surface area contributed by atoms with Crippen LogP contribution >= 0.6 is 0 Å². The summed E-state index contributed by atoms with van der Waals surface area (Å²) in [6.45, 7) is 8.39. The standard InChI is InChI=1S/C20H28N4O5/c1-10(2)15(17(25)21-12(5)19(27)28)23-20(29)24-14-9-7-6-8-13(14)22-18(26)16(24)11(3)4/h6-12,15-16H,1-5H3,(H,21,25)(H,22,26)(H,23,29)(H,27,28)/p-1/t12-,15+,16+/m1/s1. The zero-order chi connectivity index (χ0) is 21.9. The number of anilines is 2. The molecule has 29 heavy (non-hydrogen) atoms. The van der Waals surface area contributed by atoms with Crippen LogP contribution in [0.2, 0.25) is 0 Å². The molecule has 4 amide bonds. The fraction of sp³-hybridized carbons (Fsp3) is 0.500. The summed E-state index contributed by atoms with van der Waals surface area (Å²) in [6, 6.07) is 3.34. The molecule has 158 valence electrons. The maximum Gasteiger partial charge on any atom is 0.323 e. The van der Waals surface area contributed by atoms with E-state index in [-0.39, 0.29) is 17.7 Å². The minimum absolute atomic E-state index is 0.182. The van der Waals surface area contributed by atoms with Crippen molar-refractivity contribution in [2.24, 2.45) is 11.8 Å². The predicted molar refractivity (Wildman–Crippen MR) is 106 cm³/mol. The van der Waals surface area contributed by atoms with Crippen LogP contribution in [0.15, 0.2) is 24.3 Å². The van der Waals surface area contributed by atoms with Crippen molar-refractivity contribution in [1.29, 1.82) is 0 Å². The van der Waals surface area contributed by atoms with Crippen molar-refractivity contribution in [3.05, 3.63) is 24.3 Å². The Morgan fingerprint density at radius 2 is 1.69 bits per heavy atom. The highest BCUT2D eigenvalue weighted by molar-refractivity contribution is 6.12. The zero-order valence-electron chi connectivity index (χ0n) is 17.2. The number of para-hydroxylation sites is 2.